The van der Waals surface area contributed by atoms with Crippen LogP contribution in [0.3, 0.4) is 0 Å². The van der Waals surface area contributed by atoms with Crippen molar-refractivity contribution in [1.82, 2.24) is 5.32 Å². The summed E-state index contributed by atoms with van der Waals surface area (Å²) in [4.78, 5) is 12.6. The molecule has 0 aliphatic heterocycles. The third kappa shape index (κ3) is 4.42. The monoisotopic (exact) mass is 347 g/mol. The van der Waals surface area contributed by atoms with Crippen molar-refractivity contribution in [1.29, 1.82) is 0 Å². The van der Waals surface area contributed by atoms with Gasteiger partial charge in [0.25, 0.3) is 0 Å². The smallest absolute Gasteiger partial charge is 0.224 e. The average Bonchev–Trinajstić information content (AvgIpc) is 2.61. The van der Waals surface area contributed by atoms with E-state index in [-0.39, 0.29) is 18.1 Å². The predicted molar refractivity (Wildman–Crippen MR) is 106 cm³/mol. The Bertz CT molecular complexity index is 896. The molecule has 0 spiro atoms. The highest BCUT2D eigenvalue weighted by Gasteiger charge is 2.12. The molecule has 0 aliphatic rings. The Morgan fingerprint density at radius 1 is 0.962 bits per heavy atom. The van der Waals surface area contributed by atoms with E-state index in [1.807, 2.05) is 69.3 Å². The third-order valence-corrected chi connectivity index (χ3v) is 4.34. The average molecular weight is 347 g/mol. The zero-order chi connectivity index (χ0) is 18.5. The van der Waals surface area contributed by atoms with E-state index >= 15 is 0 Å². The number of hydrogen-bond donors (Lipinski definition) is 1. The van der Waals surface area contributed by atoms with E-state index in [0.717, 1.165) is 27.6 Å². The molecule has 1 unspecified atom stereocenters. The predicted octanol–water partition coefficient (Wildman–Crippen LogP) is 5.05. The number of carbonyl (C=O) groups is 1. The first-order valence-corrected chi connectivity index (χ1v) is 9.05. The molecule has 0 fully saturated rings. The van der Waals surface area contributed by atoms with Crippen LogP contribution in [-0.2, 0) is 11.2 Å². The lowest BCUT2D eigenvalue weighted by Gasteiger charge is -2.17. The van der Waals surface area contributed by atoms with Crippen molar-refractivity contribution >= 4 is 16.7 Å². The first-order valence-electron chi connectivity index (χ1n) is 9.05. The van der Waals surface area contributed by atoms with E-state index in [4.69, 9.17) is 4.74 Å². The van der Waals surface area contributed by atoms with Gasteiger partial charge in [-0.3, -0.25) is 4.79 Å². The van der Waals surface area contributed by atoms with Crippen LogP contribution in [0, 0.1) is 0 Å². The Balaban J connectivity index is 1.69. The Kier molecular flexibility index (Phi) is 5.57. The van der Waals surface area contributed by atoms with Gasteiger partial charge in [0.15, 0.2) is 0 Å². The highest BCUT2D eigenvalue weighted by Crippen LogP contribution is 2.21. The van der Waals surface area contributed by atoms with Crippen LogP contribution in [0.25, 0.3) is 10.8 Å². The quantitative estimate of drug-likeness (QED) is 0.678. The van der Waals surface area contributed by atoms with Gasteiger partial charge in [-0.05, 0) is 54.8 Å². The fourth-order valence-corrected chi connectivity index (χ4v) is 3.12. The second-order valence-corrected chi connectivity index (χ2v) is 6.84. The van der Waals surface area contributed by atoms with E-state index in [9.17, 15) is 4.79 Å². The van der Waals surface area contributed by atoms with Gasteiger partial charge < -0.3 is 10.1 Å². The molecule has 0 saturated carbocycles. The Hall–Kier alpha value is -2.81. The van der Waals surface area contributed by atoms with E-state index in [2.05, 4.69) is 23.5 Å². The molecule has 0 saturated heterocycles. The summed E-state index contributed by atoms with van der Waals surface area (Å²) < 4.78 is 5.74. The summed E-state index contributed by atoms with van der Waals surface area (Å²) in [6.07, 6.45) is 0.495. The number of nitrogens with one attached hydrogen (secondary N) is 1. The largest absolute Gasteiger partial charge is 0.491 e. The van der Waals surface area contributed by atoms with Gasteiger partial charge in [-0.2, -0.15) is 0 Å². The van der Waals surface area contributed by atoms with Crippen LogP contribution < -0.4 is 10.1 Å². The van der Waals surface area contributed by atoms with Crippen LogP contribution in [-0.4, -0.2) is 12.0 Å². The van der Waals surface area contributed by atoms with Crippen LogP contribution in [0.4, 0.5) is 0 Å². The molecule has 1 N–H and O–H groups in total. The Morgan fingerprint density at radius 3 is 2.50 bits per heavy atom. The van der Waals surface area contributed by atoms with E-state index in [1.54, 1.807) is 0 Å². The van der Waals surface area contributed by atoms with Crippen molar-refractivity contribution in [3.05, 3.63) is 77.9 Å². The first-order chi connectivity index (χ1) is 12.5. The second kappa shape index (κ2) is 8.05. The Labute approximate surface area is 155 Å². The van der Waals surface area contributed by atoms with Crippen LogP contribution in [0.15, 0.2) is 66.7 Å². The molecular formula is C23H25NO2. The molecular weight excluding hydrogens is 322 g/mol. The summed E-state index contributed by atoms with van der Waals surface area (Å²) in [5.74, 6) is 0.844. The fourth-order valence-electron chi connectivity index (χ4n) is 3.12. The van der Waals surface area contributed by atoms with Crippen molar-refractivity contribution in [3.8, 4) is 5.75 Å². The molecule has 3 aromatic rings. The van der Waals surface area contributed by atoms with Crippen molar-refractivity contribution in [2.24, 2.45) is 0 Å². The molecule has 0 heterocycles. The summed E-state index contributed by atoms with van der Waals surface area (Å²) in [5.41, 5.74) is 2.08. The SMILES string of the molecule is CC(C)Oc1cccc(C(C)NC(=O)Cc2cccc3ccccc23)c1. The minimum atomic E-state index is -0.0758. The molecule has 3 nitrogen and oxygen atoms in total. The van der Waals surface area contributed by atoms with Crippen LogP contribution in [0.5, 0.6) is 5.75 Å². The van der Waals surface area contributed by atoms with Crippen LogP contribution in [0.2, 0.25) is 0 Å². The number of fused-ring (bicyclic) bond motifs is 1. The molecule has 134 valence electrons. The third-order valence-electron chi connectivity index (χ3n) is 4.34. The van der Waals surface area contributed by atoms with E-state index < -0.39 is 0 Å². The number of ether oxygens (including phenoxy) is 1. The molecule has 0 bridgehead atoms. The number of rotatable bonds is 6. The van der Waals surface area contributed by atoms with Gasteiger partial charge in [0.2, 0.25) is 5.91 Å². The number of carbonyl (C=O) groups excluding carboxylic acids is 1. The fraction of sp³-hybridized carbons (Fsp3) is 0.261. The van der Waals surface area contributed by atoms with Crippen LogP contribution in [0.1, 0.15) is 37.9 Å². The summed E-state index contributed by atoms with van der Waals surface area (Å²) >= 11 is 0. The van der Waals surface area contributed by atoms with Gasteiger partial charge in [-0.15, -0.1) is 0 Å². The van der Waals surface area contributed by atoms with Gasteiger partial charge >= 0.3 is 0 Å². The second-order valence-electron chi connectivity index (χ2n) is 6.84. The lowest BCUT2D eigenvalue weighted by atomic mass is 10.0. The molecule has 3 aromatic carbocycles. The van der Waals surface area contributed by atoms with E-state index in [0.29, 0.717) is 6.42 Å². The normalized spacial score (nSPS) is 12.2. The topological polar surface area (TPSA) is 38.3 Å². The minimum Gasteiger partial charge on any atom is -0.491 e. The first kappa shape index (κ1) is 18.0. The Morgan fingerprint density at radius 2 is 1.69 bits per heavy atom. The lowest BCUT2D eigenvalue weighted by molar-refractivity contribution is -0.121. The summed E-state index contributed by atoms with van der Waals surface area (Å²) in [6.45, 7) is 6.00. The standard InChI is InChI=1S/C23H25NO2/c1-16(2)26-21-12-7-10-19(14-21)17(3)24-23(25)15-20-11-6-9-18-8-4-5-13-22(18)20/h4-14,16-17H,15H2,1-3H3,(H,24,25). The molecule has 0 aromatic heterocycles. The van der Waals surface area contributed by atoms with Crippen LogP contribution >= 0.6 is 0 Å². The van der Waals surface area contributed by atoms with Gasteiger partial charge in [0.05, 0.1) is 18.6 Å². The zero-order valence-corrected chi connectivity index (χ0v) is 15.5. The van der Waals surface area contributed by atoms with Gasteiger partial charge in [-0.1, -0.05) is 54.6 Å². The summed E-state index contributed by atoms with van der Waals surface area (Å²) in [6, 6.07) is 22.1. The highest BCUT2D eigenvalue weighted by molar-refractivity contribution is 5.90. The minimum absolute atomic E-state index is 0.0176. The molecule has 0 radical (unpaired) electrons. The van der Waals surface area contributed by atoms with Gasteiger partial charge in [0, 0.05) is 0 Å². The maximum atomic E-state index is 12.6. The van der Waals surface area contributed by atoms with Crippen molar-refractivity contribution in [2.45, 2.75) is 39.3 Å². The molecule has 1 amide bonds. The molecule has 1 atom stereocenters. The van der Waals surface area contributed by atoms with Crippen molar-refractivity contribution in [2.75, 3.05) is 0 Å². The van der Waals surface area contributed by atoms with E-state index in [1.165, 1.54) is 0 Å². The maximum absolute atomic E-state index is 12.6. The molecule has 3 rings (SSSR count). The lowest BCUT2D eigenvalue weighted by Crippen LogP contribution is -2.28. The highest BCUT2D eigenvalue weighted by atomic mass is 16.5. The summed E-state index contributed by atoms with van der Waals surface area (Å²) in [5, 5.41) is 5.38. The maximum Gasteiger partial charge on any atom is 0.224 e. The number of benzene rings is 3. The molecule has 26 heavy (non-hydrogen) atoms. The molecule has 3 heteroatoms. The van der Waals surface area contributed by atoms with Crippen molar-refractivity contribution in [3.63, 3.8) is 0 Å². The van der Waals surface area contributed by atoms with Gasteiger partial charge in [-0.25, -0.2) is 0 Å². The van der Waals surface area contributed by atoms with Crippen molar-refractivity contribution < 1.29 is 9.53 Å². The van der Waals surface area contributed by atoms with Gasteiger partial charge in [0.1, 0.15) is 5.75 Å². The number of hydrogen-bond acceptors (Lipinski definition) is 2. The molecule has 0 aliphatic carbocycles. The number of amides is 1. The summed E-state index contributed by atoms with van der Waals surface area (Å²) in [7, 11) is 0. The zero-order valence-electron chi connectivity index (χ0n) is 15.5.